The summed E-state index contributed by atoms with van der Waals surface area (Å²) in [5, 5.41) is 14.7. The Labute approximate surface area is 174 Å². The molecule has 7 nitrogen and oxygen atoms in total. The molecule has 2 aromatic heterocycles. The normalized spacial score (nSPS) is 15.0. The number of benzene rings is 1. The molecule has 0 aliphatic carbocycles. The minimum atomic E-state index is 0.228. The molecular formula is C21H26N6OS. The molecule has 0 saturated carbocycles. The van der Waals surface area contributed by atoms with Crippen LogP contribution in [0.4, 0.5) is 0 Å². The number of nitrogens with zero attached hydrogens (tertiary/aromatic N) is 6. The number of thiophene rings is 1. The smallest absolute Gasteiger partial charge is 0.222 e. The van der Waals surface area contributed by atoms with Gasteiger partial charge in [-0.1, -0.05) is 36.4 Å². The number of hydrogen-bond donors (Lipinski definition) is 0. The SMILES string of the molecule is O=C(CCCn1nnc(-c2ccccc2)n1)N1CCN(CCc2cccs2)CC1. The topological polar surface area (TPSA) is 67.2 Å². The van der Waals surface area contributed by atoms with Gasteiger partial charge in [0.05, 0.1) is 6.54 Å². The van der Waals surface area contributed by atoms with Crippen LogP contribution in [0.2, 0.25) is 0 Å². The van der Waals surface area contributed by atoms with Gasteiger partial charge in [-0.3, -0.25) is 9.69 Å². The van der Waals surface area contributed by atoms with Crippen LogP contribution in [0.3, 0.4) is 0 Å². The molecule has 1 fully saturated rings. The maximum Gasteiger partial charge on any atom is 0.222 e. The zero-order chi connectivity index (χ0) is 19.9. The zero-order valence-corrected chi connectivity index (χ0v) is 17.3. The molecule has 3 aromatic rings. The molecule has 0 spiro atoms. The Kier molecular flexibility index (Phi) is 6.63. The molecule has 1 aromatic carbocycles. The van der Waals surface area contributed by atoms with Gasteiger partial charge in [0.2, 0.25) is 11.7 Å². The molecule has 8 heteroatoms. The van der Waals surface area contributed by atoms with Crippen LogP contribution in [0, 0.1) is 0 Å². The van der Waals surface area contributed by atoms with E-state index in [-0.39, 0.29) is 5.91 Å². The molecule has 0 unspecified atom stereocenters. The van der Waals surface area contributed by atoms with Gasteiger partial charge in [-0.2, -0.15) is 4.80 Å². The highest BCUT2D eigenvalue weighted by Crippen LogP contribution is 2.13. The number of aromatic nitrogens is 4. The molecule has 1 saturated heterocycles. The lowest BCUT2D eigenvalue weighted by atomic mass is 10.2. The number of amides is 1. The van der Waals surface area contributed by atoms with Gasteiger partial charge in [-0.25, -0.2) is 0 Å². The van der Waals surface area contributed by atoms with E-state index < -0.39 is 0 Å². The van der Waals surface area contributed by atoms with Gasteiger partial charge in [0.15, 0.2) is 0 Å². The third-order valence-electron chi connectivity index (χ3n) is 5.21. The number of carbonyl (C=O) groups is 1. The minimum Gasteiger partial charge on any atom is -0.340 e. The monoisotopic (exact) mass is 410 g/mol. The van der Waals surface area contributed by atoms with E-state index in [0.29, 0.717) is 18.8 Å². The van der Waals surface area contributed by atoms with Gasteiger partial charge >= 0.3 is 0 Å². The van der Waals surface area contributed by atoms with Gasteiger partial charge in [-0.15, -0.1) is 21.5 Å². The number of tetrazole rings is 1. The van der Waals surface area contributed by atoms with Crippen molar-refractivity contribution >= 4 is 17.2 Å². The highest BCUT2D eigenvalue weighted by Gasteiger charge is 2.20. The largest absolute Gasteiger partial charge is 0.340 e. The molecule has 3 heterocycles. The predicted molar refractivity (Wildman–Crippen MR) is 114 cm³/mol. The minimum absolute atomic E-state index is 0.228. The van der Waals surface area contributed by atoms with Crippen LogP contribution in [-0.2, 0) is 17.8 Å². The van der Waals surface area contributed by atoms with E-state index >= 15 is 0 Å². The maximum absolute atomic E-state index is 12.5. The predicted octanol–water partition coefficient (Wildman–Crippen LogP) is 2.57. The number of rotatable bonds is 8. The first-order valence-corrected chi connectivity index (χ1v) is 11.0. The van der Waals surface area contributed by atoms with Crippen LogP contribution in [0.5, 0.6) is 0 Å². The summed E-state index contributed by atoms with van der Waals surface area (Å²) in [7, 11) is 0. The van der Waals surface area contributed by atoms with E-state index in [2.05, 4.69) is 37.8 Å². The van der Waals surface area contributed by atoms with Crippen molar-refractivity contribution in [2.45, 2.75) is 25.8 Å². The van der Waals surface area contributed by atoms with Crippen molar-refractivity contribution in [3.8, 4) is 11.4 Å². The summed E-state index contributed by atoms with van der Waals surface area (Å²) in [6.07, 6.45) is 2.35. The highest BCUT2D eigenvalue weighted by atomic mass is 32.1. The fourth-order valence-electron chi connectivity index (χ4n) is 3.51. The molecule has 29 heavy (non-hydrogen) atoms. The molecule has 4 rings (SSSR count). The first-order valence-electron chi connectivity index (χ1n) is 10.1. The quantitative estimate of drug-likeness (QED) is 0.571. The van der Waals surface area contributed by atoms with E-state index in [1.807, 2.05) is 46.6 Å². The molecule has 0 N–H and O–H groups in total. The summed E-state index contributed by atoms with van der Waals surface area (Å²) in [5.74, 6) is 0.849. The maximum atomic E-state index is 12.5. The molecular weight excluding hydrogens is 384 g/mol. The van der Waals surface area contributed by atoms with Gasteiger partial charge in [0.25, 0.3) is 0 Å². The Morgan fingerprint density at radius 2 is 1.83 bits per heavy atom. The molecule has 1 aliphatic heterocycles. The summed E-state index contributed by atoms with van der Waals surface area (Å²) < 4.78 is 0. The Morgan fingerprint density at radius 3 is 2.59 bits per heavy atom. The van der Waals surface area contributed by atoms with Crippen molar-refractivity contribution in [3.05, 3.63) is 52.7 Å². The molecule has 152 valence electrons. The first-order chi connectivity index (χ1) is 14.3. The van der Waals surface area contributed by atoms with Crippen LogP contribution in [0.1, 0.15) is 17.7 Å². The summed E-state index contributed by atoms with van der Waals surface area (Å²) in [6.45, 7) is 5.24. The summed E-state index contributed by atoms with van der Waals surface area (Å²) >= 11 is 1.82. The zero-order valence-electron chi connectivity index (χ0n) is 16.5. The number of carbonyl (C=O) groups excluding carboxylic acids is 1. The van der Waals surface area contributed by atoms with E-state index in [1.165, 1.54) is 4.88 Å². The number of hydrogen-bond acceptors (Lipinski definition) is 6. The van der Waals surface area contributed by atoms with E-state index in [1.54, 1.807) is 4.80 Å². The second-order valence-electron chi connectivity index (χ2n) is 7.23. The second kappa shape index (κ2) is 9.76. The van der Waals surface area contributed by atoms with Crippen LogP contribution < -0.4 is 0 Å². The first kappa shape index (κ1) is 19.7. The van der Waals surface area contributed by atoms with Crippen LogP contribution in [-0.4, -0.2) is 68.6 Å². The lowest BCUT2D eigenvalue weighted by molar-refractivity contribution is -0.133. The summed E-state index contributed by atoms with van der Waals surface area (Å²) in [6, 6.07) is 14.1. The Balaban J connectivity index is 1.16. The average molecular weight is 411 g/mol. The van der Waals surface area contributed by atoms with Crippen LogP contribution in [0.25, 0.3) is 11.4 Å². The van der Waals surface area contributed by atoms with Crippen molar-refractivity contribution in [2.24, 2.45) is 0 Å². The van der Waals surface area contributed by atoms with Crippen LogP contribution >= 0.6 is 11.3 Å². The Morgan fingerprint density at radius 1 is 1.00 bits per heavy atom. The molecule has 1 aliphatic rings. The lowest BCUT2D eigenvalue weighted by Gasteiger charge is -2.34. The highest BCUT2D eigenvalue weighted by molar-refractivity contribution is 7.09. The van der Waals surface area contributed by atoms with Crippen molar-refractivity contribution in [1.82, 2.24) is 30.0 Å². The van der Waals surface area contributed by atoms with Gasteiger partial charge in [0, 0.05) is 49.6 Å². The van der Waals surface area contributed by atoms with Crippen molar-refractivity contribution in [3.63, 3.8) is 0 Å². The Hall–Kier alpha value is -2.58. The number of aryl methyl sites for hydroxylation is 1. The van der Waals surface area contributed by atoms with E-state index in [9.17, 15) is 4.79 Å². The molecule has 0 atom stereocenters. The Bertz CT molecular complexity index is 887. The standard InChI is InChI=1S/C21H26N6OS/c28-20(26-15-13-25(14-16-26)12-10-19-8-5-17-29-19)9-4-11-27-23-21(22-24-27)18-6-2-1-3-7-18/h1-3,5-8,17H,4,9-16H2. The van der Waals surface area contributed by atoms with Gasteiger partial charge in [0.1, 0.15) is 0 Å². The van der Waals surface area contributed by atoms with E-state index in [4.69, 9.17) is 0 Å². The van der Waals surface area contributed by atoms with Crippen LogP contribution in [0.15, 0.2) is 47.8 Å². The lowest BCUT2D eigenvalue weighted by Crippen LogP contribution is -2.49. The second-order valence-corrected chi connectivity index (χ2v) is 8.26. The third-order valence-corrected chi connectivity index (χ3v) is 6.15. The third kappa shape index (κ3) is 5.48. The van der Waals surface area contributed by atoms with Crippen molar-refractivity contribution < 1.29 is 4.79 Å². The number of piperazine rings is 1. The summed E-state index contributed by atoms with van der Waals surface area (Å²) in [4.78, 5) is 20.0. The van der Waals surface area contributed by atoms with Crippen molar-refractivity contribution in [2.75, 3.05) is 32.7 Å². The van der Waals surface area contributed by atoms with Crippen molar-refractivity contribution in [1.29, 1.82) is 0 Å². The average Bonchev–Trinajstić information content (AvgIpc) is 3.45. The van der Waals surface area contributed by atoms with E-state index in [0.717, 1.165) is 51.1 Å². The summed E-state index contributed by atoms with van der Waals surface area (Å²) in [5.41, 5.74) is 0.951. The van der Waals surface area contributed by atoms with Gasteiger partial charge in [-0.05, 0) is 29.5 Å². The fourth-order valence-corrected chi connectivity index (χ4v) is 4.21. The molecule has 1 amide bonds. The molecule has 0 bridgehead atoms. The van der Waals surface area contributed by atoms with Gasteiger partial charge < -0.3 is 4.90 Å². The molecule has 0 radical (unpaired) electrons. The fraction of sp³-hybridized carbons (Fsp3) is 0.429.